The molecule has 22 heteroatoms. The van der Waals surface area contributed by atoms with Crippen LogP contribution in [0.4, 0.5) is 17.5 Å². The summed E-state index contributed by atoms with van der Waals surface area (Å²) < 4.78 is 33.1. The molecule has 5 aromatic rings. The normalized spacial score (nSPS) is 19.2. The number of piperazine rings is 1. The Balaban J connectivity index is 0.871. The number of anilines is 3. The molecule has 2 aromatic carbocycles. The number of aromatic nitrogens is 6. The van der Waals surface area contributed by atoms with Gasteiger partial charge in [-0.1, -0.05) is 45.0 Å². The Hall–Kier alpha value is -6.78. The number of rotatable bonds is 17. The first kappa shape index (κ1) is 55.5. The van der Waals surface area contributed by atoms with Crippen molar-refractivity contribution in [1.82, 2.24) is 61.2 Å². The Kier molecular flexibility index (Phi) is 16.7. The molecule has 76 heavy (non-hydrogen) atoms. The number of likely N-dealkylation sites (N-methyl/N-ethyl adjacent to an activating group) is 1. The van der Waals surface area contributed by atoms with E-state index in [9.17, 15) is 27.6 Å². The number of hydrogen-bond acceptors (Lipinski definition) is 16. The number of amides is 4. The number of ether oxygens (including phenoxy) is 1. The number of benzene rings is 2. The Labute approximate surface area is 445 Å². The van der Waals surface area contributed by atoms with Gasteiger partial charge in [-0.05, 0) is 103 Å². The predicted octanol–water partition coefficient (Wildman–Crippen LogP) is 4.70. The van der Waals surface area contributed by atoms with E-state index in [2.05, 4.69) is 72.6 Å². The first-order chi connectivity index (χ1) is 36.0. The summed E-state index contributed by atoms with van der Waals surface area (Å²) in [7, 11) is -2.18. The van der Waals surface area contributed by atoms with Gasteiger partial charge in [0.05, 0.1) is 41.3 Å². The van der Waals surface area contributed by atoms with Gasteiger partial charge in [0.1, 0.15) is 46.4 Å². The molecule has 3 aromatic heterocycles. The minimum atomic E-state index is -3.85. The fourth-order valence-corrected chi connectivity index (χ4v) is 11.2. The van der Waals surface area contributed by atoms with Gasteiger partial charge < -0.3 is 41.1 Å². The van der Waals surface area contributed by atoms with Crippen molar-refractivity contribution in [2.75, 3.05) is 63.1 Å². The van der Waals surface area contributed by atoms with Gasteiger partial charge in [-0.2, -0.15) is 5.10 Å². The Morgan fingerprint density at radius 2 is 1.67 bits per heavy atom. The zero-order valence-corrected chi connectivity index (χ0v) is 46.2. The van der Waals surface area contributed by atoms with Crippen molar-refractivity contribution < 1.29 is 32.3 Å². The molecule has 2 saturated heterocycles. The van der Waals surface area contributed by atoms with Crippen molar-refractivity contribution in [3.63, 3.8) is 0 Å². The molecule has 8 rings (SSSR count). The number of hydrogen-bond donors (Lipinski definition) is 6. The lowest BCUT2D eigenvalue weighted by Gasteiger charge is -2.36. The highest BCUT2D eigenvalue weighted by Gasteiger charge is 2.46. The van der Waals surface area contributed by atoms with Crippen LogP contribution in [0.2, 0.25) is 0 Å². The van der Waals surface area contributed by atoms with E-state index in [1.807, 2.05) is 52.8 Å². The van der Waals surface area contributed by atoms with Gasteiger partial charge in [-0.25, -0.2) is 28.4 Å². The maximum Gasteiger partial charge on any atom is 0.271 e. The van der Waals surface area contributed by atoms with Crippen LogP contribution in [0.3, 0.4) is 0 Å². The van der Waals surface area contributed by atoms with Gasteiger partial charge in [0.25, 0.3) is 5.91 Å². The fourth-order valence-electron chi connectivity index (χ4n) is 9.88. The summed E-state index contributed by atoms with van der Waals surface area (Å²) in [5, 5.41) is 23.1. The Bertz CT molecular complexity index is 3040. The summed E-state index contributed by atoms with van der Waals surface area (Å²) in [4.78, 5) is 79.8. The minimum Gasteiger partial charge on any atom is -0.492 e. The zero-order valence-electron chi connectivity index (χ0n) is 45.4. The molecule has 0 radical (unpaired) electrons. The lowest BCUT2D eigenvalue weighted by Crippen LogP contribution is -2.59. The van der Waals surface area contributed by atoms with Crippen molar-refractivity contribution in [3.8, 4) is 5.75 Å². The highest BCUT2D eigenvalue weighted by Crippen LogP contribution is 2.38. The number of nitrogens with zero attached hydrogens (tertiary/aromatic N) is 8. The second-order valence-corrected chi connectivity index (χ2v) is 24.9. The second kappa shape index (κ2) is 22.8. The van der Waals surface area contributed by atoms with Crippen molar-refractivity contribution in [2.45, 2.75) is 134 Å². The van der Waals surface area contributed by atoms with Gasteiger partial charge in [-0.3, -0.25) is 29.2 Å². The molecule has 21 nitrogen and oxygen atoms in total. The van der Waals surface area contributed by atoms with Crippen molar-refractivity contribution in [2.24, 2.45) is 5.41 Å². The second-order valence-electron chi connectivity index (χ2n) is 22.3. The average Bonchev–Trinajstić information content (AvgIpc) is 3.96. The third-order valence-corrected chi connectivity index (χ3v) is 17.4. The number of carbonyl (C=O) groups excluding carboxylic acids is 4. The van der Waals surface area contributed by atoms with Crippen molar-refractivity contribution in [1.29, 1.82) is 0 Å². The van der Waals surface area contributed by atoms with Crippen LogP contribution in [-0.4, -0.2) is 154 Å². The largest absolute Gasteiger partial charge is 0.492 e. The number of sulfone groups is 1. The molecular weight excluding hydrogens is 989 g/mol. The van der Waals surface area contributed by atoms with E-state index in [-0.39, 0.29) is 53.8 Å². The first-order valence-corrected chi connectivity index (χ1v) is 27.7. The van der Waals surface area contributed by atoms with Gasteiger partial charge in [0, 0.05) is 68.0 Å². The number of carbonyl (C=O) groups is 4. The van der Waals surface area contributed by atoms with E-state index in [4.69, 9.17) is 4.74 Å². The van der Waals surface area contributed by atoms with Crippen LogP contribution >= 0.6 is 0 Å². The van der Waals surface area contributed by atoms with Crippen LogP contribution in [0.5, 0.6) is 5.75 Å². The Morgan fingerprint density at radius 3 is 2.34 bits per heavy atom. The van der Waals surface area contributed by atoms with Crippen molar-refractivity contribution in [3.05, 3.63) is 83.2 Å². The standard InChI is InChI=1S/C54H74N14O7S/c1-32-33(2)64-65-47(32)63-48-38-26-44(76(73,74)54(7,8)9)43(27-40(38)58-31-59-48)75-24-14-19-66-20-22-67(23-21-66)45-29-56-41(28-57-45)50(70)60-36-25-42(51(71)61-39-18-13-16-35-15-11-12-17-37(35)39)68(30-36)52(72)46(53(4,5)6)62-49(69)34(3)55-10/h11-12,15,17,26-29,31,34,36,39,42,46,55H,13-14,16,18-25,30H2,1-10H3,(H,60,70)(H,61,71)(H,62,69)(H2,58,59,63,64,65)/t34-,36-,39?,42?,46+/m0/s1. The van der Waals surface area contributed by atoms with Crippen LogP contribution < -0.4 is 36.2 Å². The molecule has 1 aliphatic carbocycles. The predicted molar refractivity (Wildman–Crippen MR) is 290 cm³/mol. The van der Waals surface area contributed by atoms with Gasteiger partial charge >= 0.3 is 0 Å². The van der Waals surface area contributed by atoms with E-state index in [0.717, 1.165) is 49.2 Å². The number of aromatic amines is 1. The van der Waals surface area contributed by atoms with Gasteiger partial charge in [0.15, 0.2) is 15.7 Å². The molecule has 0 spiro atoms. The van der Waals surface area contributed by atoms with Crippen LogP contribution in [0.1, 0.15) is 113 Å². The number of fused-ring (bicyclic) bond motifs is 2. The summed E-state index contributed by atoms with van der Waals surface area (Å²) in [6, 6.07) is 8.12. The minimum absolute atomic E-state index is 0.0564. The highest BCUT2D eigenvalue weighted by molar-refractivity contribution is 7.92. The molecule has 2 aliphatic heterocycles. The maximum absolute atomic E-state index is 14.6. The van der Waals surface area contributed by atoms with E-state index in [0.29, 0.717) is 54.4 Å². The SMILES string of the molecule is CN[C@@H](C)C(=O)N[C@H](C(=O)N1C[C@@H](NC(=O)c2cnc(N3CCN(CCCOc4cc5ncnc(Nc6n[nH]c(C)c6C)c5cc4S(=O)(=O)C(C)(C)C)CC3)cn2)CC1C(=O)NC1CCCc2ccccc21)C(C)(C)C. The van der Waals surface area contributed by atoms with E-state index in [1.165, 1.54) is 23.0 Å². The number of nitrogens with one attached hydrogen (secondary N) is 6. The first-order valence-electron chi connectivity index (χ1n) is 26.2. The quantitative estimate of drug-likeness (QED) is 0.0690. The summed E-state index contributed by atoms with van der Waals surface area (Å²) in [6.07, 6.45) is 7.86. The third kappa shape index (κ3) is 12.2. The smallest absolute Gasteiger partial charge is 0.271 e. The lowest BCUT2D eigenvalue weighted by molar-refractivity contribution is -0.144. The van der Waals surface area contributed by atoms with Crippen molar-refractivity contribution >= 4 is 61.8 Å². The summed E-state index contributed by atoms with van der Waals surface area (Å²) >= 11 is 0. The number of likely N-dealkylation sites (tertiary alicyclic amines) is 1. The molecular formula is C54H74N14O7S. The maximum atomic E-state index is 14.6. The molecule has 0 bridgehead atoms. The van der Waals surface area contributed by atoms with E-state index >= 15 is 0 Å². The topological polar surface area (TPSA) is 262 Å². The average molecular weight is 1060 g/mol. The lowest BCUT2D eigenvalue weighted by atomic mass is 9.85. The third-order valence-electron chi connectivity index (χ3n) is 14.9. The molecule has 5 atom stereocenters. The van der Waals surface area contributed by atoms with Crippen LogP contribution in [0, 0.1) is 19.3 Å². The van der Waals surface area contributed by atoms with Crippen LogP contribution in [-0.2, 0) is 30.6 Å². The monoisotopic (exact) mass is 1060 g/mol. The summed E-state index contributed by atoms with van der Waals surface area (Å²) in [5.41, 5.74) is 4.00. The zero-order chi connectivity index (χ0) is 54.7. The van der Waals surface area contributed by atoms with Crippen LogP contribution in [0.15, 0.2) is 60.0 Å². The molecule has 3 aliphatic rings. The van der Waals surface area contributed by atoms with Gasteiger partial charge in [0.2, 0.25) is 17.7 Å². The molecule has 0 saturated carbocycles. The molecule has 2 unspecified atom stereocenters. The van der Waals surface area contributed by atoms with E-state index < -0.39 is 56.0 Å². The highest BCUT2D eigenvalue weighted by atomic mass is 32.2. The van der Waals surface area contributed by atoms with Gasteiger partial charge in [-0.15, -0.1) is 0 Å². The Morgan fingerprint density at radius 1 is 0.921 bits per heavy atom. The number of H-pyrrole nitrogens is 1. The molecule has 408 valence electrons. The summed E-state index contributed by atoms with van der Waals surface area (Å²) in [5.74, 6) is 0.344. The molecule has 4 amide bonds. The van der Waals surface area contributed by atoms with E-state index in [1.54, 1.807) is 53.1 Å². The number of aryl methyl sites for hydroxylation is 2. The fraction of sp³-hybridized carbons (Fsp3) is 0.537. The van der Waals surface area contributed by atoms with Crippen LogP contribution in [0.25, 0.3) is 10.9 Å². The molecule has 2 fully saturated rings. The molecule has 6 N–H and O–H groups in total. The molecule has 5 heterocycles. The summed E-state index contributed by atoms with van der Waals surface area (Å²) in [6.45, 7) is 20.0.